The molecule has 0 aliphatic heterocycles. The van der Waals surface area contributed by atoms with Crippen molar-refractivity contribution >= 4 is 11.3 Å². The van der Waals surface area contributed by atoms with Crippen molar-refractivity contribution in [3.8, 4) is 5.75 Å². The first-order chi connectivity index (χ1) is 9.24. The molecule has 2 aromatic rings. The van der Waals surface area contributed by atoms with Crippen LogP contribution in [-0.2, 0) is 6.42 Å². The van der Waals surface area contributed by atoms with Crippen LogP contribution in [-0.4, -0.2) is 13.7 Å². The summed E-state index contributed by atoms with van der Waals surface area (Å²) < 4.78 is 5.29. The molecule has 19 heavy (non-hydrogen) atoms. The molecule has 1 heterocycles. The van der Waals surface area contributed by atoms with Crippen LogP contribution in [0.2, 0.25) is 0 Å². The molecular formula is C16H21NOS. The summed E-state index contributed by atoms with van der Waals surface area (Å²) >= 11 is 1.83. The van der Waals surface area contributed by atoms with Crippen LogP contribution in [0.25, 0.3) is 0 Å². The van der Waals surface area contributed by atoms with Gasteiger partial charge in [0.25, 0.3) is 0 Å². The van der Waals surface area contributed by atoms with Gasteiger partial charge in [0.15, 0.2) is 0 Å². The summed E-state index contributed by atoms with van der Waals surface area (Å²) in [6.45, 7) is 5.31. The number of thiophene rings is 1. The fraction of sp³-hybridized carbons (Fsp3) is 0.375. The maximum absolute atomic E-state index is 5.29. The normalized spacial score (nSPS) is 12.4. The van der Waals surface area contributed by atoms with Crippen molar-refractivity contribution in [2.45, 2.75) is 26.3 Å². The molecule has 1 N–H and O–H groups in total. The average Bonchev–Trinajstić information content (AvgIpc) is 2.85. The molecule has 102 valence electrons. The van der Waals surface area contributed by atoms with Crippen molar-refractivity contribution < 1.29 is 4.74 Å². The zero-order chi connectivity index (χ0) is 13.7. The fourth-order valence-corrected chi connectivity index (χ4v) is 3.28. The van der Waals surface area contributed by atoms with E-state index in [2.05, 4.69) is 48.8 Å². The van der Waals surface area contributed by atoms with Crippen molar-refractivity contribution in [1.29, 1.82) is 0 Å². The number of methoxy groups -OCH3 is 1. The van der Waals surface area contributed by atoms with Gasteiger partial charge in [-0.1, -0.05) is 19.1 Å². The Morgan fingerprint density at radius 3 is 2.79 bits per heavy atom. The summed E-state index contributed by atoms with van der Waals surface area (Å²) in [6.07, 6.45) is 0.992. The highest BCUT2D eigenvalue weighted by atomic mass is 32.1. The molecule has 0 amide bonds. The second-order valence-electron chi connectivity index (χ2n) is 4.63. The topological polar surface area (TPSA) is 21.3 Å². The Hall–Kier alpha value is -1.32. The van der Waals surface area contributed by atoms with E-state index in [4.69, 9.17) is 4.74 Å². The summed E-state index contributed by atoms with van der Waals surface area (Å²) in [5, 5.41) is 5.75. The number of likely N-dealkylation sites (N-methyl/N-ethyl adjacent to an activating group) is 1. The van der Waals surface area contributed by atoms with E-state index in [-0.39, 0.29) is 0 Å². The van der Waals surface area contributed by atoms with E-state index in [1.807, 2.05) is 17.4 Å². The second-order valence-corrected chi connectivity index (χ2v) is 5.58. The van der Waals surface area contributed by atoms with Gasteiger partial charge in [0.05, 0.1) is 7.11 Å². The standard InChI is InChI=1S/C16H21NOS/c1-4-17-15(16-12(2)8-9-19-16)11-13-6-5-7-14(10-13)18-3/h5-10,15,17H,4,11H2,1-3H3. The van der Waals surface area contributed by atoms with Gasteiger partial charge in [-0.25, -0.2) is 0 Å². The van der Waals surface area contributed by atoms with Gasteiger partial charge in [-0.05, 0) is 54.6 Å². The molecule has 3 heteroatoms. The molecule has 1 aromatic heterocycles. The average molecular weight is 275 g/mol. The van der Waals surface area contributed by atoms with Crippen LogP contribution in [0.15, 0.2) is 35.7 Å². The SMILES string of the molecule is CCNC(Cc1cccc(OC)c1)c1sccc1C. The molecule has 2 rings (SSSR count). The lowest BCUT2D eigenvalue weighted by atomic mass is 10.0. The molecule has 0 bridgehead atoms. The third kappa shape index (κ3) is 3.58. The molecule has 0 saturated heterocycles. The lowest BCUT2D eigenvalue weighted by molar-refractivity contribution is 0.414. The third-order valence-corrected chi connectivity index (χ3v) is 4.38. The Balaban J connectivity index is 2.18. The summed E-state index contributed by atoms with van der Waals surface area (Å²) in [4.78, 5) is 1.43. The minimum atomic E-state index is 0.386. The van der Waals surface area contributed by atoms with E-state index >= 15 is 0 Å². The Morgan fingerprint density at radius 2 is 2.16 bits per heavy atom. The monoisotopic (exact) mass is 275 g/mol. The number of ether oxygens (including phenoxy) is 1. The van der Waals surface area contributed by atoms with Gasteiger partial charge >= 0.3 is 0 Å². The lowest BCUT2D eigenvalue weighted by Gasteiger charge is -2.18. The fourth-order valence-electron chi connectivity index (χ4n) is 2.28. The van der Waals surface area contributed by atoms with Gasteiger partial charge in [0, 0.05) is 10.9 Å². The van der Waals surface area contributed by atoms with E-state index in [0.29, 0.717) is 6.04 Å². The summed E-state index contributed by atoms with van der Waals surface area (Å²) in [6, 6.07) is 10.9. The Labute approximate surface area is 119 Å². The van der Waals surface area contributed by atoms with Crippen LogP contribution in [0.1, 0.15) is 29.0 Å². The van der Waals surface area contributed by atoms with E-state index in [1.165, 1.54) is 16.0 Å². The maximum atomic E-state index is 5.29. The lowest BCUT2D eigenvalue weighted by Crippen LogP contribution is -2.22. The Morgan fingerprint density at radius 1 is 1.32 bits per heavy atom. The highest BCUT2D eigenvalue weighted by Gasteiger charge is 2.15. The van der Waals surface area contributed by atoms with Crippen LogP contribution in [0.5, 0.6) is 5.75 Å². The Bertz CT molecular complexity index is 521. The van der Waals surface area contributed by atoms with Crippen LogP contribution in [0.3, 0.4) is 0 Å². The number of benzene rings is 1. The van der Waals surface area contributed by atoms with Crippen LogP contribution in [0.4, 0.5) is 0 Å². The highest BCUT2D eigenvalue weighted by Crippen LogP contribution is 2.27. The molecule has 0 spiro atoms. The van der Waals surface area contributed by atoms with E-state index in [0.717, 1.165) is 18.7 Å². The molecule has 1 aromatic carbocycles. The molecular weight excluding hydrogens is 254 g/mol. The Kier molecular flexibility index (Phi) is 5.00. The third-order valence-electron chi connectivity index (χ3n) is 3.24. The van der Waals surface area contributed by atoms with Crippen molar-refractivity contribution in [3.63, 3.8) is 0 Å². The number of rotatable bonds is 6. The molecule has 1 atom stereocenters. The van der Waals surface area contributed by atoms with E-state index in [9.17, 15) is 0 Å². The maximum Gasteiger partial charge on any atom is 0.119 e. The number of aryl methyl sites for hydroxylation is 1. The zero-order valence-electron chi connectivity index (χ0n) is 11.8. The summed E-state index contributed by atoms with van der Waals surface area (Å²) in [5.74, 6) is 0.927. The van der Waals surface area contributed by atoms with Gasteiger partial charge in [-0.3, -0.25) is 0 Å². The summed E-state index contributed by atoms with van der Waals surface area (Å²) in [7, 11) is 1.71. The quantitative estimate of drug-likeness (QED) is 0.861. The molecule has 0 saturated carbocycles. The van der Waals surface area contributed by atoms with Gasteiger partial charge in [0.2, 0.25) is 0 Å². The zero-order valence-corrected chi connectivity index (χ0v) is 12.6. The molecule has 0 radical (unpaired) electrons. The van der Waals surface area contributed by atoms with Crippen LogP contribution < -0.4 is 10.1 Å². The van der Waals surface area contributed by atoms with E-state index in [1.54, 1.807) is 7.11 Å². The van der Waals surface area contributed by atoms with Gasteiger partial charge in [0.1, 0.15) is 5.75 Å². The highest BCUT2D eigenvalue weighted by molar-refractivity contribution is 7.10. The van der Waals surface area contributed by atoms with Crippen molar-refractivity contribution in [2.75, 3.05) is 13.7 Å². The van der Waals surface area contributed by atoms with Crippen LogP contribution >= 0.6 is 11.3 Å². The molecule has 0 fully saturated rings. The first-order valence-electron chi connectivity index (χ1n) is 6.65. The predicted molar refractivity (Wildman–Crippen MR) is 82.2 cm³/mol. The van der Waals surface area contributed by atoms with Gasteiger partial charge < -0.3 is 10.1 Å². The van der Waals surface area contributed by atoms with Crippen molar-refractivity contribution in [1.82, 2.24) is 5.32 Å². The minimum absolute atomic E-state index is 0.386. The first-order valence-corrected chi connectivity index (χ1v) is 7.53. The number of nitrogens with one attached hydrogen (secondary N) is 1. The summed E-state index contributed by atoms with van der Waals surface area (Å²) in [5.41, 5.74) is 2.68. The molecule has 1 unspecified atom stereocenters. The number of hydrogen-bond donors (Lipinski definition) is 1. The predicted octanol–water partition coefficient (Wildman–Crippen LogP) is 3.96. The largest absolute Gasteiger partial charge is 0.497 e. The van der Waals surface area contributed by atoms with Crippen molar-refractivity contribution in [3.05, 3.63) is 51.7 Å². The van der Waals surface area contributed by atoms with Crippen molar-refractivity contribution in [2.24, 2.45) is 0 Å². The molecule has 2 nitrogen and oxygen atoms in total. The van der Waals surface area contributed by atoms with E-state index < -0.39 is 0 Å². The first kappa shape index (κ1) is 14.1. The second kappa shape index (κ2) is 6.73. The van der Waals surface area contributed by atoms with Crippen LogP contribution in [0, 0.1) is 6.92 Å². The molecule has 0 aliphatic rings. The smallest absolute Gasteiger partial charge is 0.119 e. The van der Waals surface area contributed by atoms with Gasteiger partial charge in [-0.2, -0.15) is 0 Å². The minimum Gasteiger partial charge on any atom is -0.497 e. The van der Waals surface area contributed by atoms with Gasteiger partial charge in [-0.15, -0.1) is 11.3 Å². The molecule has 0 aliphatic carbocycles. The number of hydrogen-bond acceptors (Lipinski definition) is 3.